The molecule has 4 rings (SSSR count). The quantitative estimate of drug-likeness (QED) is 0.573. The first kappa shape index (κ1) is 16.8. The Hall–Kier alpha value is -1.66. The number of carbonyl (C=O) groups excluding carboxylic acids is 2. The third kappa shape index (κ3) is 3.37. The molecule has 136 valence electrons. The van der Waals surface area contributed by atoms with Crippen LogP contribution in [0.4, 0.5) is 0 Å². The van der Waals surface area contributed by atoms with E-state index in [1.54, 1.807) is 0 Å². The minimum atomic E-state index is -0.500. The average Bonchev–Trinajstić information content (AvgIpc) is 2.94. The summed E-state index contributed by atoms with van der Waals surface area (Å²) in [6.07, 6.45) is 11.2. The van der Waals surface area contributed by atoms with Gasteiger partial charge in [0, 0.05) is 46.0 Å². The minimum Gasteiger partial charge on any atom is -0.462 e. The van der Waals surface area contributed by atoms with Crippen molar-refractivity contribution in [1.29, 1.82) is 0 Å². The van der Waals surface area contributed by atoms with Gasteiger partial charge in [-0.05, 0) is 0 Å². The Morgan fingerprint density at radius 1 is 0.920 bits per heavy atom. The summed E-state index contributed by atoms with van der Waals surface area (Å²) in [7, 11) is 0. The molecule has 0 radical (unpaired) electrons. The third-order valence-electron chi connectivity index (χ3n) is 5.40. The summed E-state index contributed by atoms with van der Waals surface area (Å²) in [5, 5.41) is 0. The molecule has 6 atom stereocenters. The topological polar surface area (TPSA) is 71.1 Å². The molecule has 6 nitrogen and oxygen atoms in total. The molecule has 0 unspecified atom stereocenters. The Bertz CT molecular complexity index is 586. The maximum atomic E-state index is 11.3. The van der Waals surface area contributed by atoms with E-state index in [1.807, 2.05) is 0 Å². The second-order valence-electron chi connectivity index (χ2n) is 7.68. The number of hydrogen-bond donors (Lipinski definition) is 0. The van der Waals surface area contributed by atoms with Crippen molar-refractivity contribution in [3.05, 3.63) is 24.3 Å². The van der Waals surface area contributed by atoms with Gasteiger partial charge in [0.15, 0.2) is 0 Å². The summed E-state index contributed by atoms with van der Waals surface area (Å²) in [5.74, 6) is -0.520. The number of fused-ring (bicyclic) bond motifs is 4. The van der Waals surface area contributed by atoms with Crippen LogP contribution in [0, 0.1) is 0 Å². The number of hydrogen-bond acceptors (Lipinski definition) is 6. The van der Waals surface area contributed by atoms with Crippen molar-refractivity contribution in [2.45, 2.75) is 81.6 Å². The van der Waals surface area contributed by atoms with Gasteiger partial charge in [-0.2, -0.15) is 0 Å². The lowest BCUT2D eigenvalue weighted by Gasteiger charge is -2.45. The molecule has 4 heterocycles. The Balaban J connectivity index is 1.50. The van der Waals surface area contributed by atoms with E-state index in [1.165, 1.54) is 13.8 Å². The monoisotopic (exact) mass is 348 g/mol. The number of ether oxygens (including phenoxy) is 4. The van der Waals surface area contributed by atoms with Gasteiger partial charge in [0.05, 0.1) is 23.4 Å². The zero-order chi connectivity index (χ0) is 17.7. The standard InChI is InChI=1S/C19H24O6/c1-12(20)22-16-7-14-3-5-18(9-16,24-14)11-19-6-4-15(25-19)8-17(10-19)23-13(2)21/h3-6,14-17H,7-11H2,1-2H3/t14-,15-,16+,17+,18+,19+/m1/s1. The van der Waals surface area contributed by atoms with Crippen LogP contribution in [0.25, 0.3) is 0 Å². The van der Waals surface area contributed by atoms with Crippen molar-refractivity contribution in [3.63, 3.8) is 0 Å². The Morgan fingerprint density at radius 2 is 1.36 bits per heavy atom. The molecule has 0 aromatic rings. The van der Waals surface area contributed by atoms with E-state index in [2.05, 4.69) is 24.3 Å². The van der Waals surface area contributed by atoms with E-state index >= 15 is 0 Å². The van der Waals surface area contributed by atoms with Crippen LogP contribution in [-0.2, 0) is 28.5 Å². The van der Waals surface area contributed by atoms with Crippen molar-refractivity contribution >= 4 is 11.9 Å². The van der Waals surface area contributed by atoms with Crippen LogP contribution in [0.2, 0.25) is 0 Å². The van der Waals surface area contributed by atoms with Gasteiger partial charge in [0.1, 0.15) is 12.2 Å². The fourth-order valence-corrected chi connectivity index (χ4v) is 4.77. The lowest BCUT2D eigenvalue weighted by Crippen LogP contribution is -2.50. The SMILES string of the molecule is CC(=O)O[C@H]1C[C@H]2C=C[C@@](C[C@]34C=C[C@H](C[C@H](OC(C)=O)C3)O4)(C1)O2. The van der Waals surface area contributed by atoms with Gasteiger partial charge in [-0.1, -0.05) is 24.3 Å². The van der Waals surface area contributed by atoms with Gasteiger partial charge in [-0.15, -0.1) is 0 Å². The highest BCUT2D eigenvalue weighted by Crippen LogP contribution is 2.48. The van der Waals surface area contributed by atoms with Crippen LogP contribution in [0.3, 0.4) is 0 Å². The van der Waals surface area contributed by atoms with E-state index in [-0.39, 0.29) is 36.4 Å². The van der Waals surface area contributed by atoms with Crippen LogP contribution in [0.1, 0.15) is 46.0 Å². The molecule has 2 fully saturated rings. The Morgan fingerprint density at radius 3 is 1.76 bits per heavy atom. The van der Waals surface area contributed by atoms with E-state index in [0.29, 0.717) is 32.1 Å². The molecule has 0 aromatic carbocycles. The average molecular weight is 348 g/mol. The molecule has 0 aromatic heterocycles. The molecule has 0 aliphatic carbocycles. The molecule has 4 bridgehead atoms. The molecule has 2 saturated heterocycles. The highest BCUT2D eigenvalue weighted by atomic mass is 16.6. The third-order valence-corrected chi connectivity index (χ3v) is 5.40. The first-order chi connectivity index (χ1) is 11.9. The molecule has 0 saturated carbocycles. The predicted molar refractivity (Wildman–Crippen MR) is 87.7 cm³/mol. The molecule has 4 aliphatic heterocycles. The van der Waals surface area contributed by atoms with Crippen LogP contribution >= 0.6 is 0 Å². The fraction of sp³-hybridized carbons (Fsp3) is 0.684. The Labute approximate surface area is 147 Å². The number of rotatable bonds is 4. The smallest absolute Gasteiger partial charge is 0.302 e. The summed E-state index contributed by atoms with van der Waals surface area (Å²) in [5.41, 5.74) is -0.999. The molecule has 4 aliphatic rings. The zero-order valence-electron chi connectivity index (χ0n) is 14.6. The maximum absolute atomic E-state index is 11.3. The van der Waals surface area contributed by atoms with Gasteiger partial charge in [-0.3, -0.25) is 9.59 Å². The van der Waals surface area contributed by atoms with Crippen molar-refractivity contribution < 1.29 is 28.5 Å². The van der Waals surface area contributed by atoms with E-state index in [0.717, 1.165) is 0 Å². The van der Waals surface area contributed by atoms with Gasteiger partial charge in [0.25, 0.3) is 0 Å². The maximum Gasteiger partial charge on any atom is 0.302 e. The van der Waals surface area contributed by atoms with Gasteiger partial charge in [0.2, 0.25) is 0 Å². The normalized spacial score (nSPS) is 43.9. The highest BCUT2D eigenvalue weighted by molar-refractivity contribution is 5.66. The lowest BCUT2D eigenvalue weighted by molar-refractivity contribution is -0.183. The molecular formula is C19H24O6. The molecule has 0 N–H and O–H groups in total. The fourth-order valence-electron chi connectivity index (χ4n) is 4.77. The van der Waals surface area contributed by atoms with Crippen molar-refractivity contribution in [2.24, 2.45) is 0 Å². The molecule has 0 spiro atoms. The van der Waals surface area contributed by atoms with E-state index in [4.69, 9.17) is 18.9 Å². The van der Waals surface area contributed by atoms with Crippen LogP contribution in [0.5, 0.6) is 0 Å². The second-order valence-corrected chi connectivity index (χ2v) is 7.68. The Kier molecular flexibility index (Phi) is 4.00. The minimum absolute atomic E-state index is 0.0245. The van der Waals surface area contributed by atoms with Gasteiger partial charge in [-0.25, -0.2) is 0 Å². The molecular weight excluding hydrogens is 324 g/mol. The number of carbonyl (C=O) groups is 2. The predicted octanol–water partition coefficient (Wildman–Crippen LogP) is 2.22. The van der Waals surface area contributed by atoms with Crippen molar-refractivity contribution in [3.8, 4) is 0 Å². The molecule has 6 heteroatoms. The van der Waals surface area contributed by atoms with E-state index in [9.17, 15) is 9.59 Å². The molecule has 0 amide bonds. The second kappa shape index (κ2) is 5.95. The van der Waals surface area contributed by atoms with Crippen LogP contribution in [0.15, 0.2) is 24.3 Å². The molecule has 25 heavy (non-hydrogen) atoms. The summed E-state index contributed by atoms with van der Waals surface area (Å²) in [6.45, 7) is 2.88. The summed E-state index contributed by atoms with van der Waals surface area (Å²) in [4.78, 5) is 22.7. The van der Waals surface area contributed by atoms with Crippen LogP contribution < -0.4 is 0 Å². The zero-order valence-corrected chi connectivity index (χ0v) is 14.6. The number of esters is 2. The first-order valence-electron chi connectivity index (χ1n) is 8.94. The lowest BCUT2D eigenvalue weighted by atomic mass is 9.79. The van der Waals surface area contributed by atoms with Crippen molar-refractivity contribution in [2.75, 3.05) is 0 Å². The largest absolute Gasteiger partial charge is 0.462 e. The van der Waals surface area contributed by atoms with Gasteiger partial charge < -0.3 is 18.9 Å². The summed E-state index contributed by atoms with van der Waals surface area (Å²) >= 11 is 0. The first-order valence-corrected chi connectivity index (χ1v) is 8.94. The van der Waals surface area contributed by atoms with Crippen molar-refractivity contribution in [1.82, 2.24) is 0 Å². The van der Waals surface area contributed by atoms with Crippen LogP contribution in [-0.4, -0.2) is 47.6 Å². The van der Waals surface area contributed by atoms with Gasteiger partial charge >= 0.3 is 11.9 Å². The van der Waals surface area contributed by atoms with E-state index < -0.39 is 11.2 Å². The summed E-state index contributed by atoms with van der Waals surface area (Å²) < 4.78 is 23.4. The summed E-state index contributed by atoms with van der Waals surface area (Å²) in [6, 6.07) is 0. The highest BCUT2D eigenvalue weighted by Gasteiger charge is 2.53.